The Morgan fingerprint density at radius 3 is 2.94 bits per heavy atom. The predicted molar refractivity (Wildman–Crippen MR) is 74.6 cm³/mol. The third-order valence-electron chi connectivity index (χ3n) is 3.03. The zero-order valence-corrected chi connectivity index (χ0v) is 11.9. The zero-order valence-electron chi connectivity index (χ0n) is 8.96. The molecule has 0 bridgehead atoms. The van der Waals surface area contributed by atoms with Crippen molar-refractivity contribution in [1.82, 2.24) is 0 Å². The van der Waals surface area contributed by atoms with Crippen LogP contribution in [0.5, 0.6) is 0 Å². The van der Waals surface area contributed by atoms with Gasteiger partial charge in [-0.15, -0.1) is 0 Å². The van der Waals surface area contributed by atoms with Gasteiger partial charge in [0.05, 0.1) is 11.6 Å². The lowest BCUT2D eigenvalue weighted by Gasteiger charge is -2.28. The molecule has 0 aromatic heterocycles. The second-order valence-corrected chi connectivity index (χ2v) is 5.75. The van der Waals surface area contributed by atoms with E-state index in [2.05, 4.69) is 28.7 Å². The molecule has 1 fully saturated rings. The fourth-order valence-electron chi connectivity index (χ4n) is 2.04. The summed E-state index contributed by atoms with van der Waals surface area (Å²) in [6.45, 7) is 1.64. The van der Waals surface area contributed by atoms with Crippen LogP contribution in [0.25, 0.3) is 0 Å². The molecule has 0 spiro atoms. The smallest absolute Gasteiger partial charge is 0.0542 e. The molecule has 0 amide bonds. The summed E-state index contributed by atoms with van der Waals surface area (Å²) in [6, 6.07) is 6.09. The number of hydrogen-bond acceptors (Lipinski definition) is 2. The largest absolute Gasteiger partial charge is 0.381 e. The van der Waals surface area contributed by atoms with Gasteiger partial charge in [0.1, 0.15) is 0 Å². The maximum absolute atomic E-state index is 6.25. The highest BCUT2D eigenvalue weighted by molar-refractivity contribution is 14.1. The number of halogens is 2. The molecule has 2 atom stereocenters. The van der Waals surface area contributed by atoms with Crippen LogP contribution in [-0.2, 0) is 4.74 Å². The summed E-state index contributed by atoms with van der Waals surface area (Å²) in [5.41, 5.74) is 7.36. The molecule has 88 valence electrons. The summed E-state index contributed by atoms with van der Waals surface area (Å²) in [6.07, 6.45) is 2.25. The van der Waals surface area contributed by atoms with E-state index in [1.807, 2.05) is 12.1 Å². The first-order chi connectivity index (χ1) is 7.68. The van der Waals surface area contributed by atoms with Gasteiger partial charge in [-0.25, -0.2) is 0 Å². The van der Waals surface area contributed by atoms with Gasteiger partial charge in [-0.1, -0.05) is 17.7 Å². The van der Waals surface area contributed by atoms with Crippen molar-refractivity contribution in [3.05, 3.63) is 32.4 Å². The molecule has 1 heterocycles. The first kappa shape index (κ1) is 12.6. The lowest BCUT2D eigenvalue weighted by Crippen LogP contribution is -2.29. The minimum absolute atomic E-state index is 0.0369. The number of nitrogens with two attached hydrogens (primary N) is 1. The van der Waals surface area contributed by atoms with E-state index in [9.17, 15) is 0 Å². The highest BCUT2D eigenvalue weighted by Crippen LogP contribution is 2.29. The average molecular weight is 352 g/mol. The summed E-state index contributed by atoms with van der Waals surface area (Å²) in [5.74, 6) is 0.421. The van der Waals surface area contributed by atoms with Crippen molar-refractivity contribution < 1.29 is 4.74 Å². The maximum Gasteiger partial charge on any atom is 0.0542 e. The van der Waals surface area contributed by atoms with Gasteiger partial charge in [0.15, 0.2) is 0 Å². The van der Waals surface area contributed by atoms with Gasteiger partial charge in [-0.2, -0.15) is 0 Å². The van der Waals surface area contributed by atoms with E-state index in [4.69, 9.17) is 22.1 Å². The van der Waals surface area contributed by atoms with Crippen molar-refractivity contribution in [2.24, 2.45) is 11.7 Å². The van der Waals surface area contributed by atoms with Crippen molar-refractivity contribution >= 4 is 34.2 Å². The SMILES string of the molecule is NC(c1ccc(I)c(Cl)c1)C1CCCOC1. The van der Waals surface area contributed by atoms with Gasteiger partial charge in [-0.05, 0) is 53.1 Å². The highest BCUT2D eigenvalue weighted by Gasteiger charge is 2.22. The number of ether oxygens (including phenoxy) is 1. The van der Waals surface area contributed by atoms with Crippen molar-refractivity contribution in [2.75, 3.05) is 13.2 Å². The third-order valence-corrected chi connectivity index (χ3v) is 4.60. The molecule has 2 rings (SSSR count). The molecule has 2 nitrogen and oxygen atoms in total. The van der Waals surface area contributed by atoms with Crippen LogP contribution in [0.1, 0.15) is 24.4 Å². The van der Waals surface area contributed by atoms with Crippen LogP contribution < -0.4 is 5.73 Å². The van der Waals surface area contributed by atoms with Crippen LogP contribution in [0.2, 0.25) is 5.02 Å². The first-order valence-electron chi connectivity index (χ1n) is 5.47. The van der Waals surface area contributed by atoms with E-state index < -0.39 is 0 Å². The molecule has 1 aromatic rings. The quantitative estimate of drug-likeness (QED) is 0.829. The molecule has 1 aliphatic heterocycles. The van der Waals surface area contributed by atoms with Gasteiger partial charge in [-0.3, -0.25) is 0 Å². The lowest BCUT2D eigenvalue weighted by atomic mass is 9.89. The number of rotatable bonds is 2. The lowest BCUT2D eigenvalue weighted by molar-refractivity contribution is 0.0448. The van der Waals surface area contributed by atoms with Crippen molar-refractivity contribution in [2.45, 2.75) is 18.9 Å². The molecule has 2 unspecified atom stereocenters. The summed E-state index contributed by atoms with van der Waals surface area (Å²) in [5, 5.41) is 0.783. The van der Waals surface area contributed by atoms with Crippen molar-refractivity contribution in [3.8, 4) is 0 Å². The standard InChI is InChI=1S/C12H15ClINO/c13-10-6-8(3-4-11(10)14)12(15)9-2-1-5-16-7-9/h3-4,6,9,12H,1-2,5,7,15H2. The fraction of sp³-hybridized carbons (Fsp3) is 0.500. The molecule has 16 heavy (non-hydrogen) atoms. The third kappa shape index (κ3) is 2.88. The Morgan fingerprint density at radius 2 is 2.31 bits per heavy atom. The van der Waals surface area contributed by atoms with Crippen molar-refractivity contribution in [3.63, 3.8) is 0 Å². The van der Waals surface area contributed by atoms with Gasteiger partial charge in [0, 0.05) is 22.1 Å². The van der Waals surface area contributed by atoms with Gasteiger partial charge in [0.25, 0.3) is 0 Å². The average Bonchev–Trinajstić information content (AvgIpc) is 2.33. The van der Waals surface area contributed by atoms with E-state index >= 15 is 0 Å². The molecule has 1 aromatic carbocycles. The molecule has 2 N–H and O–H groups in total. The monoisotopic (exact) mass is 351 g/mol. The summed E-state index contributed by atoms with van der Waals surface area (Å²) in [7, 11) is 0. The van der Waals surface area contributed by atoms with Gasteiger partial charge >= 0.3 is 0 Å². The van der Waals surface area contributed by atoms with Crippen LogP contribution in [0.3, 0.4) is 0 Å². The number of benzene rings is 1. The second-order valence-electron chi connectivity index (χ2n) is 4.18. The van der Waals surface area contributed by atoms with Crippen LogP contribution in [0.4, 0.5) is 0 Å². The van der Waals surface area contributed by atoms with E-state index in [1.165, 1.54) is 0 Å². The first-order valence-corrected chi connectivity index (χ1v) is 6.92. The Labute approximate surface area is 115 Å². The Bertz CT molecular complexity index is 366. The minimum atomic E-state index is 0.0369. The maximum atomic E-state index is 6.25. The van der Waals surface area contributed by atoms with Crippen LogP contribution in [0, 0.1) is 9.49 Å². The molecular formula is C12H15ClINO. The molecule has 0 aliphatic carbocycles. The highest BCUT2D eigenvalue weighted by atomic mass is 127. The fourth-order valence-corrected chi connectivity index (χ4v) is 2.57. The molecular weight excluding hydrogens is 336 g/mol. The summed E-state index contributed by atoms with van der Waals surface area (Å²) in [4.78, 5) is 0. The second kappa shape index (κ2) is 5.67. The summed E-state index contributed by atoms with van der Waals surface area (Å²) < 4.78 is 6.53. The van der Waals surface area contributed by atoms with Crippen LogP contribution in [-0.4, -0.2) is 13.2 Å². The van der Waals surface area contributed by atoms with E-state index in [1.54, 1.807) is 0 Å². The zero-order chi connectivity index (χ0) is 11.5. The topological polar surface area (TPSA) is 35.2 Å². The van der Waals surface area contributed by atoms with E-state index in [0.717, 1.165) is 40.2 Å². The normalized spacial score (nSPS) is 23.1. The summed E-state index contributed by atoms with van der Waals surface area (Å²) >= 11 is 8.32. The number of hydrogen-bond donors (Lipinski definition) is 1. The molecule has 0 radical (unpaired) electrons. The Morgan fingerprint density at radius 1 is 1.50 bits per heavy atom. The molecule has 1 aliphatic rings. The van der Waals surface area contributed by atoms with Gasteiger partial charge in [0.2, 0.25) is 0 Å². The predicted octanol–water partition coefficient (Wildman–Crippen LogP) is 3.37. The minimum Gasteiger partial charge on any atom is -0.381 e. The molecule has 4 heteroatoms. The van der Waals surface area contributed by atoms with Crippen LogP contribution in [0.15, 0.2) is 18.2 Å². The Balaban J connectivity index is 2.12. The van der Waals surface area contributed by atoms with Gasteiger partial charge < -0.3 is 10.5 Å². The van der Waals surface area contributed by atoms with E-state index in [-0.39, 0.29) is 6.04 Å². The van der Waals surface area contributed by atoms with E-state index in [0.29, 0.717) is 5.92 Å². The molecule has 0 saturated carbocycles. The Kier molecular flexibility index (Phi) is 4.47. The molecule has 1 saturated heterocycles. The Hall–Kier alpha value is 0.160. The van der Waals surface area contributed by atoms with Crippen molar-refractivity contribution in [1.29, 1.82) is 0 Å². The van der Waals surface area contributed by atoms with Crippen LogP contribution >= 0.6 is 34.2 Å².